The minimum atomic E-state index is -1.28. The molecule has 1 aliphatic rings. The second-order valence-electron chi connectivity index (χ2n) is 4.19. The Morgan fingerprint density at radius 2 is 2.35 bits per heavy atom. The molecular weight excluding hydrogens is 328 g/mol. The molecule has 1 aromatic rings. The predicted octanol–water partition coefficient (Wildman–Crippen LogP) is -1.03. The average molecular weight is 340 g/mol. The van der Waals surface area contributed by atoms with Crippen molar-refractivity contribution in [3.8, 4) is 0 Å². The van der Waals surface area contributed by atoms with E-state index in [1.807, 2.05) is 0 Å². The minimum absolute atomic E-state index is 0.0204. The number of rotatable bonds is 6. The van der Waals surface area contributed by atoms with E-state index in [1.54, 1.807) is 0 Å². The molecule has 1 aromatic heterocycles. The normalized spacial score (nSPS) is 17.5. The summed E-state index contributed by atoms with van der Waals surface area (Å²) < 4.78 is 0. The van der Waals surface area contributed by atoms with Crippen LogP contribution in [0.25, 0.3) is 0 Å². The van der Waals surface area contributed by atoms with Crippen LogP contribution in [0, 0.1) is 0 Å². The van der Waals surface area contributed by atoms with Gasteiger partial charge >= 0.3 is 5.97 Å². The number of β-lactam (4-membered cyclic amide) rings is 1. The maximum absolute atomic E-state index is 12.2. The molecule has 1 aliphatic heterocycles. The molecule has 23 heavy (non-hydrogen) atoms. The summed E-state index contributed by atoms with van der Waals surface area (Å²) in [5.41, 5.74) is 5.55. The summed E-state index contributed by atoms with van der Waals surface area (Å²) in [4.78, 5) is 44.2. The van der Waals surface area contributed by atoms with Crippen molar-refractivity contribution in [3.63, 3.8) is 0 Å². The quantitative estimate of drug-likeness (QED) is 0.382. The Hall–Kier alpha value is -3.02. The first kappa shape index (κ1) is 16.4. The topological polar surface area (TPSA) is 151 Å². The van der Waals surface area contributed by atoms with Crippen molar-refractivity contribution >= 4 is 52.5 Å². The van der Waals surface area contributed by atoms with E-state index >= 15 is 0 Å². The van der Waals surface area contributed by atoms with Crippen LogP contribution in [0.2, 0.25) is 0 Å². The van der Waals surface area contributed by atoms with Gasteiger partial charge in [0, 0.05) is 5.38 Å². The van der Waals surface area contributed by atoms with E-state index in [0.29, 0.717) is 6.21 Å². The van der Waals surface area contributed by atoms with Gasteiger partial charge in [0.25, 0.3) is 11.8 Å². The van der Waals surface area contributed by atoms with Gasteiger partial charge in [-0.05, 0) is 0 Å². The van der Waals surface area contributed by atoms with Crippen molar-refractivity contribution in [1.82, 2.24) is 9.99 Å². The molecule has 12 heteroatoms. The lowest BCUT2D eigenvalue weighted by Crippen LogP contribution is -2.64. The summed E-state index contributed by atoms with van der Waals surface area (Å²) in [6.07, 6.45) is 1.49. The lowest BCUT2D eigenvalue weighted by atomic mass is 10.1. The highest BCUT2D eigenvalue weighted by Gasteiger charge is 2.44. The largest absolute Gasteiger partial charge is 0.477 e. The van der Waals surface area contributed by atoms with E-state index in [1.165, 1.54) is 12.5 Å². The van der Waals surface area contributed by atoms with E-state index in [2.05, 4.69) is 20.1 Å². The Bertz CT molecular complexity index is 686. The van der Waals surface area contributed by atoms with Gasteiger partial charge in [-0.25, -0.2) is 14.8 Å². The summed E-state index contributed by atoms with van der Waals surface area (Å²) in [6, 6.07) is -0.877. The van der Waals surface area contributed by atoms with Crippen LogP contribution in [-0.2, 0) is 19.2 Å². The van der Waals surface area contributed by atoms with E-state index in [0.717, 1.165) is 27.5 Å². The van der Waals surface area contributed by atoms with E-state index in [4.69, 9.17) is 10.8 Å². The fourth-order valence-corrected chi connectivity index (χ4v) is 2.32. The summed E-state index contributed by atoms with van der Waals surface area (Å²) in [6.45, 7) is 0.0204. The highest BCUT2D eigenvalue weighted by molar-refractivity contribution is 7.13. The number of hydrogen-bond donors (Lipinski definition) is 2. The van der Waals surface area contributed by atoms with Crippen molar-refractivity contribution < 1.29 is 24.3 Å². The summed E-state index contributed by atoms with van der Waals surface area (Å²) in [7, 11) is 1.27. The first-order chi connectivity index (χ1) is 10.9. The SMILES string of the molecule is CO/N=C\C(=O)N(c1csc(N)n1)[C@H]1CN(N=CC(=O)O)C1=O. The number of nitrogens with two attached hydrogens (primary N) is 1. The number of anilines is 2. The molecule has 1 saturated heterocycles. The van der Waals surface area contributed by atoms with Gasteiger partial charge in [0.15, 0.2) is 5.13 Å². The van der Waals surface area contributed by atoms with Crippen molar-refractivity contribution in [2.75, 3.05) is 24.3 Å². The Morgan fingerprint density at radius 1 is 1.61 bits per heavy atom. The van der Waals surface area contributed by atoms with Gasteiger partial charge in [0.05, 0.1) is 6.54 Å². The van der Waals surface area contributed by atoms with Crippen molar-refractivity contribution in [3.05, 3.63) is 5.38 Å². The lowest BCUT2D eigenvalue weighted by molar-refractivity contribution is -0.143. The number of amides is 2. The minimum Gasteiger partial charge on any atom is -0.477 e. The molecular formula is C11H12N6O5S. The molecule has 0 bridgehead atoms. The Labute approximate surface area is 133 Å². The van der Waals surface area contributed by atoms with E-state index in [-0.39, 0.29) is 17.5 Å². The summed E-state index contributed by atoms with van der Waals surface area (Å²) in [5, 5.41) is 18.0. The van der Waals surface area contributed by atoms with Crippen LogP contribution < -0.4 is 10.6 Å². The monoisotopic (exact) mass is 340 g/mol. The highest BCUT2D eigenvalue weighted by atomic mass is 32.1. The molecule has 0 spiro atoms. The number of carboxylic acids is 1. The van der Waals surface area contributed by atoms with Crippen LogP contribution in [0.1, 0.15) is 0 Å². The van der Waals surface area contributed by atoms with Crippen molar-refractivity contribution in [1.29, 1.82) is 0 Å². The third-order valence-corrected chi connectivity index (χ3v) is 3.43. The van der Waals surface area contributed by atoms with Crippen LogP contribution in [0.3, 0.4) is 0 Å². The fraction of sp³-hybridized carbons (Fsp3) is 0.273. The standard InChI is InChI=1S/C11H12N6O5S/c1-22-14-2-8(18)17(7-5-23-11(12)15-7)6-4-16(10(6)21)13-3-9(19)20/h2-3,5-6H,4H2,1H3,(H2,12,15)(H,19,20)/b13-3?,14-2-/t6-/m0/s1. The Balaban J connectivity index is 2.19. The van der Waals surface area contributed by atoms with Gasteiger partial charge in [0.2, 0.25) is 0 Å². The second kappa shape index (κ2) is 6.83. The molecule has 1 atom stereocenters. The summed E-state index contributed by atoms with van der Waals surface area (Å²) in [5.74, 6) is -2.26. The smallest absolute Gasteiger partial charge is 0.348 e. The molecule has 2 rings (SSSR count). The molecule has 3 N–H and O–H groups in total. The van der Waals surface area contributed by atoms with Crippen molar-refractivity contribution in [2.24, 2.45) is 10.3 Å². The molecule has 0 radical (unpaired) electrons. The molecule has 0 aliphatic carbocycles. The van der Waals surface area contributed by atoms with Gasteiger partial charge < -0.3 is 15.7 Å². The average Bonchev–Trinajstić information content (AvgIpc) is 2.92. The first-order valence-corrected chi connectivity index (χ1v) is 7.01. The third-order valence-electron chi connectivity index (χ3n) is 2.77. The number of aromatic nitrogens is 1. The zero-order chi connectivity index (χ0) is 17.0. The zero-order valence-electron chi connectivity index (χ0n) is 11.8. The molecule has 11 nitrogen and oxygen atoms in total. The number of oxime groups is 1. The molecule has 0 aromatic carbocycles. The third kappa shape index (κ3) is 3.60. The van der Waals surface area contributed by atoms with E-state index in [9.17, 15) is 14.4 Å². The predicted molar refractivity (Wildman–Crippen MR) is 81.1 cm³/mol. The van der Waals surface area contributed by atoms with Crippen LogP contribution in [0.15, 0.2) is 15.6 Å². The van der Waals surface area contributed by atoms with Crippen LogP contribution in [-0.4, -0.2) is 65.0 Å². The second-order valence-corrected chi connectivity index (χ2v) is 5.08. The maximum Gasteiger partial charge on any atom is 0.348 e. The number of nitrogen functional groups attached to an aromatic ring is 1. The van der Waals surface area contributed by atoms with Crippen LogP contribution in [0.5, 0.6) is 0 Å². The van der Waals surface area contributed by atoms with Crippen molar-refractivity contribution in [2.45, 2.75) is 6.04 Å². The fourth-order valence-electron chi connectivity index (χ4n) is 1.78. The van der Waals surface area contributed by atoms with Gasteiger partial charge in [-0.1, -0.05) is 5.16 Å². The molecule has 122 valence electrons. The highest BCUT2D eigenvalue weighted by Crippen LogP contribution is 2.26. The number of hydrazone groups is 1. The molecule has 0 saturated carbocycles. The van der Waals surface area contributed by atoms with Gasteiger partial charge in [-0.3, -0.25) is 14.5 Å². The number of carboxylic acid groups (broad SMARTS) is 1. The zero-order valence-corrected chi connectivity index (χ0v) is 12.6. The number of carbonyl (C=O) groups excluding carboxylic acids is 2. The number of aliphatic carboxylic acids is 1. The molecule has 0 unspecified atom stereocenters. The number of nitrogens with zero attached hydrogens (tertiary/aromatic N) is 5. The van der Waals surface area contributed by atoms with Gasteiger partial charge in [0.1, 0.15) is 31.4 Å². The Morgan fingerprint density at radius 3 is 2.87 bits per heavy atom. The van der Waals surface area contributed by atoms with E-state index < -0.39 is 23.8 Å². The number of carbonyl (C=O) groups is 3. The molecule has 2 heterocycles. The van der Waals surface area contributed by atoms with Gasteiger partial charge in [-0.2, -0.15) is 5.10 Å². The van der Waals surface area contributed by atoms with Gasteiger partial charge in [-0.15, -0.1) is 11.3 Å². The summed E-state index contributed by atoms with van der Waals surface area (Å²) >= 11 is 1.11. The van der Waals surface area contributed by atoms with Crippen LogP contribution >= 0.6 is 11.3 Å². The number of hydrogen-bond acceptors (Lipinski definition) is 9. The maximum atomic E-state index is 12.2. The Kier molecular flexibility index (Phi) is 4.85. The van der Waals surface area contributed by atoms with Crippen LogP contribution in [0.4, 0.5) is 10.9 Å². The number of thiazole rings is 1. The first-order valence-electron chi connectivity index (χ1n) is 6.13. The molecule has 2 amide bonds. The lowest BCUT2D eigenvalue weighted by Gasteiger charge is -2.39. The molecule has 1 fully saturated rings.